The van der Waals surface area contributed by atoms with E-state index >= 15 is 0 Å². The molecule has 6 heteroatoms. The number of halogens is 1. The predicted molar refractivity (Wildman–Crippen MR) is 106 cm³/mol. The first kappa shape index (κ1) is 18.4. The van der Waals surface area contributed by atoms with Crippen LogP contribution < -0.4 is 4.90 Å². The third kappa shape index (κ3) is 3.20. The molecule has 0 unspecified atom stereocenters. The van der Waals surface area contributed by atoms with Gasteiger partial charge in [0.05, 0.1) is 11.3 Å². The number of likely N-dealkylation sites (N-methyl/N-ethyl adjacent to an activating group) is 1. The molecular formula is C22H22FN3O2. The summed E-state index contributed by atoms with van der Waals surface area (Å²) in [7, 11) is 0. The van der Waals surface area contributed by atoms with Crippen LogP contribution in [0.3, 0.4) is 0 Å². The minimum atomic E-state index is -0.482. The molecule has 2 aromatic rings. The van der Waals surface area contributed by atoms with Crippen molar-refractivity contribution in [1.82, 2.24) is 9.80 Å². The summed E-state index contributed by atoms with van der Waals surface area (Å²) in [5, 5.41) is 0. The Kier molecular flexibility index (Phi) is 4.96. The fraction of sp³-hybridized carbons (Fsp3) is 0.273. The lowest BCUT2D eigenvalue weighted by molar-refractivity contribution is -0.120. The highest BCUT2D eigenvalue weighted by Crippen LogP contribution is 2.35. The zero-order chi connectivity index (χ0) is 19.7. The van der Waals surface area contributed by atoms with Gasteiger partial charge in [0.2, 0.25) is 0 Å². The number of carbonyl (C=O) groups is 2. The van der Waals surface area contributed by atoms with Crippen LogP contribution in [-0.4, -0.2) is 54.3 Å². The van der Waals surface area contributed by atoms with E-state index in [2.05, 4.69) is 11.8 Å². The maximum Gasteiger partial charge on any atom is 0.282 e. The van der Waals surface area contributed by atoms with Gasteiger partial charge in [0.15, 0.2) is 0 Å². The van der Waals surface area contributed by atoms with E-state index < -0.39 is 11.7 Å². The Labute approximate surface area is 163 Å². The summed E-state index contributed by atoms with van der Waals surface area (Å²) in [5.41, 5.74) is 1.76. The minimum Gasteiger partial charge on any atom is -0.364 e. The molecule has 2 amide bonds. The lowest BCUT2D eigenvalue weighted by atomic mass is 10.0. The Morgan fingerprint density at radius 3 is 2.25 bits per heavy atom. The largest absolute Gasteiger partial charge is 0.364 e. The number of nitrogens with zero attached hydrogens (tertiary/aromatic N) is 3. The molecule has 144 valence electrons. The van der Waals surface area contributed by atoms with E-state index in [-0.39, 0.29) is 11.6 Å². The summed E-state index contributed by atoms with van der Waals surface area (Å²) in [5.74, 6) is -1.28. The number of benzene rings is 2. The molecular weight excluding hydrogens is 357 g/mol. The molecule has 28 heavy (non-hydrogen) atoms. The first-order valence-electron chi connectivity index (χ1n) is 9.51. The Morgan fingerprint density at radius 1 is 0.893 bits per heavy atom. The van der Waals surface area contributed by atoms with Gasteiger partial charge in [0, 0.05) is 26.2 Å². The molecule has 2 aromatic carbocycles. The molecule has 0 aliphatic carbocycles. The van der Waals surface area contributed by atoms with Gasteiger partial charge in [-0.25, -0.2) is 9.29 Å². The van der Waals surface area contributed by atoms with Gasteiger partial charge in [0.1, 0.15) is 11.5 Å². The van der Waals surface area contributed by atoms with E-state index in [0.717, 1.165) is 24.5 Å². The molecule has 4 rings (SSSR count). The number of imide groups is 1. The topological polar surface area (TPSA) is 43.9 Å². The lowest BCUT2D eigenvalue weighted by Gasteiger charge is -2.36. The highest BCUT2D eigenvalue weighted by Gasteiger charge is 2.43. The van der Waals surface area contributed by atoms with E-state index in [9.17, 15) is 14.0 Å². The van der Waals surface area contributed by atoms with Crippen LogP contribution in [0.2, 0.25) is 0 Å². The normalized spacial score (nSPS) is 18.4. The van der Waals surface area contributed by atoms with Crippen LogP contribution in [0, 0.1) is 5.82 Å². The van der Waals surface area contributed by atoms with Gasteiger partial charge < -0.3 is 9.80 Å². The van der Waals surface area contributed by atoms with Crippen molar-refractivity contribution in [2.24, 2.45) is 0 Å². The summed E-state index contributed by atoms with van der Waals surface area (Å²) < 4.78 is 13.7. The summed E-state index contributed by atoms with van der Waals surface area (Å²) >= 11 is 0. The van der Waals surface area contributed by atoms with Crippen molar-refractivity contribution in [2.75, 3.05) is 37.6 Å². The van der Waals surface area contributed by atoms with Gasteiger partial charge >= 0.3 is 0 Å². The second kappa shape index (κ2) is 7.56. The molecule has 0 bridgehead atoms. The molecule has 0 saturated carbocycles. The van der Waals surface area contributed by atoms with Crippen LogP contribution >= 0.6 is 0 Å². The third-order valence-corrected chi connectivity index (χ3v) is 5.32. The predicted octanol–water partition coefficient (Wildman–Crippen LogP) is 2.75. The molecule has 2 aliphatic heterocycles. The smallest absolute Gasteiger partial charge is 0.282 e. The third-order valence-electron chi connectivity index (χ3n) is 5.32. The van der Waals surface area contributed by atoms with Crippen molar-refractivity contribution in [1.29, 1.82) is 0 Å². The Morgan fingerprint density at radius 2 is 1.61 bits per heavy atom. The second-order valence-corrected chi connectivity index (χ2v) is 6.94. The molecule has 2 aliphatic rings. The summed E-state index contributed by atoms with van der Waals surface area (Å²) in [6.07, 6.45) is 0. The standard InChI is InChI=1S/C22H22FN3O2/c1-2-24-11-13-25(14-12-24)20-19(16-7-4-3-5-8-16)21(27)26(22(20)28)18-10-6-9-17(23)15-18/h3-10,15H,2,11-14H2,1H3. The van der Waals surface area contributed by atoms with Crippen molar-refractivity contribution >= 4 is 23.1 Å². The van der Waals surface area contributed by atoms with Gasteiger partial charge in [-0.05, 0) is 30.3 Å². The fourth-order valence-corrected chi connectivity index (χ4v) is 3.81. The van der Waals surface area contributed by atoms with E-state index in [1.807, 2.05) is 35.2 Å². The van der Waals surface area contributed by atoms with Crippen LogP contribution in [0.25, 0.3) is 5.57 Å². The molecule has 0 aromatic heterocycles. The Balaban J connectivity index is 1.77. The van der Waals surface area contributed by atoms with E-state index in [1.165, 1.54) is 18.2 Å². The highest BCUT2D eigenvalue weighted by molar-refractivity contribution is 6.45. The molecule has 5 nitrogen and oxygen atoms in total. The Hall–Kier alpha value is -2.99. The lowest BCUT2D eigenvalue weighted by Crippen LogP contribution is -2.47. The molecule has 2 heterocycles. The maximum absolute atomic E-state index is 13.7. The summed E-state index contributed by atoms with van der Waals surface area (Å²) in [4.78, 5) is 32.0. The van der Waals surface area contributed by atoms with Crippen molar-refractivity contribution in [3.05, 3.63) is 71.7 Å². The number of amides is 2. The molecule has 1 saturated heterocycles. The average molecular weight is 379 g/mol. The van der Waals surface area contributed by atoms with E-state index in [0.29, 0.717) is 29.9 Å². The monoisotopic (exact) mass is 379 g/mol. The first-order chi connectivity index (χ1) is 13.6. The number of carbonyl (C=O) groups excluding carboxylic acids is 2. The molecule has 0 N–H and O–H groups in total. The van der Waals surface area contributed by atoms with Crippen LogP contribution in [0.1, 0.15) is 12.5 Å². The average Bonchev–Trinajstić information content (AvgIpc) is 2.99. The van der Waals surface area contributed by atoms with Crippen molar-refractivity contribution < 1.29 is 14.0 Å². The fourth-order valence-electron chi connectivity index (χ4n) is 3.81. The van der Waals surface area contributed by atoms with Crippen LogP contribution in [0.15, 0.2) is 60.3 Å². The zero-order valence-electron chi connectivity index (χ0n) is 15.8. The first-order valence-corrected chi connectivity index (χ1v) is 9.51. The van der Waals surface area contributed by atoms with Gasteiger partial charge in [0.25, 0.3) is 11.8 Å². The van der Waals surface area contributed by atoms with Gasteiger partial charge in [-0.3, -0.25) is 9.59 Å². The molecule has 0 atom stereocenters. The zero-order valence-corrected chi connectivity index (χ0v) is 15.8. The number of piperazine rings is 1. The number of rotatable bonds is 4. The second-order valence-electron chi connectivity index (χ2n) is 6.94. The summed E-state index contributed by atoms with van der Waals surface area (Å²) in [6.45, 7) is 6.10. The van der Waals surface area contributed by atoms with Crippen molar-refractivity contribution in [2.45, 2.75) is 6.92 Å². The molecule has 0 radical (unpaired) electrons. The van der Waals surface area contributed by atoms with Crippen LogP contribution in [0.5, 0.6) is 0 Å². The number of anilines is 1. The van der Waals surface area contributed by atoms with Crippen LogP contribution in [-0.2, 0) is 9.59 Å². The highest BCUT2D eigenvalue weighted by atomic mass is 19.1. The summed E-state index contributed by atoms with van der Waals surface area (Å²) in [6, 6.07) is 14.8. The maximum atomic E-state index is 13.7. The van der Waals surface area contributed by atoms with Crippen LogP contribution in [0.4, 0.5) is 10.1 Å². The van der Waals surface area contributed by atoms with E-state index in [4.69, 9.17) is 0 Å². The minimum absolute atomic E-state index is 0.255. The SMILES string of the molecule is CCN1CCN(C2=C(c3ccccc3)C(=O)N(c3cccc(F)c3)C2=O)CC1. The van der Waals surface area contributed by atoms with Crippen molar-refractivity contribution in [3.63, 3.8) is 0 Å². The quantitative estimate of drug-likeness (QED) is 0.767. The molecule has 0 spiro atoms. The van der Waals surface area contributed by atoms with Crippen molar-refractivity contribution in [3.8, 4) is 0 Å². The molecule has 1 fully saturated rings. The van der Waals surface area contributed by atoms with Gasteiger partial charge in [-0.1, -0.05) is 43.3 Å². The van der Waals surface area contributed by atoms with Gasteiger partial charge in [-0.15, -0.1) is 0 Å². The Bertz CT molecular complexity index is 934. The van der Waals surface area contributed by atoms with E-state index in [1.54, 1.807) is 6.07 Å². The number of hydrogen-bond donors (Lipinski definition) is 0. The van der Waals surface area contributed by atoms with Gasteiger partial charge in [-0.2, -0.15) is 0 Å². The number of hydrogen-bond acceptors (Lipinski definition) is 4.